The maximum absolute atomic E-state index is 11.6. The van der Waals surface area contributed by atoms with Gasteiger partial charge in [0.15, 0.2) is 0 Å². The van der Waals surface area contributed by atoms with Gasteiger partial charge in [0.2, 0.25) is 5.91 Å². The number of hydrogen-bond acceptors (Lipinski definition) is 2. The van der Waals surface area contributed by atoms with Crippen LogP contribution in [0.3, 0.4) is 0 Å². The summed E-state index contributed by atoms with van der Waals surface area (Å²) in [6, 6.07) is 1.93. The summed E-state index contributed by atoms with van der Waals surface area (Å²) in [5, 5.41) is 3.77. The van der Waals surface area contributed by atoms with Crippen molar-refractivity contribution in [3.63, 3.8) is 0 Å². The first kappa shape index (κ1) is 11.1. The van der Waals surface area contributed by atoms with E-state index in [2.05, 4.69) is 31.2 Å². The number of carbonyl (C=O) groups excluding carboxylic acids is 1. The average Bonchev–Trinajstić information content (AvgIpc) is 2.61. The molecule has 0 atom stereocenters. The summed E-state index contributed by atoms with van der Waals surface area (Å²) in [6.45, 7) is 3.72. The van der Waals surface area contributed by atoms with E-state index in [0.717, 1.165) is 21.2 Å². The molecule has 0 aliphatic carbocycles. The van der Waals surface area contributed by atoms with Crippen LogP contribution in [0.15, 0.2) is 22.9 Å². The predicted octanol–water partition coefficient (Wildman–Crippen LogP) is 2.92. The van der Waals surface area contributed by atoms with Crippen LogP contribution in [0.5, 0.6) is 0 Å². The molecule has 0 aromatic carbocycles. The van der Waals surface area contributed by atoms with E-state index in [1.54, 1.807) is 12.4 Å². The molecular formula is C11H12BrN3O. The van der Waals surface area contributed by atoms with E-state index in [4.69, 9.17) is 0 Å². The molecule has 0 unspecified atom stereocenters. The molecule has 16 heavy (non-hydrogen) atoms. The number of fused-ring (bicyclic) bond motifs is 1. The van der Waals surface area contributed by atoms with Crippen LogP contribution in [0, 0.1) is 5.92 Å². The van der Waals surface area contributed by atoms with Crippen molar-refractivity contribution >= 4 is 38.6 Å². The van der Waals surface area contributed by atoms with Crippen LogP contribution < -0.4 is 5.32 Å². The van der Waals surface area contributed by atoms with Crippen LogP contribution >= 0.6 is 15.9 Å². The number of amides is 1. The number of halogens is 1. The molecule has 0 radical (unpaired) electrons. The van der Waals surface area contributed by atoms with Crippen molar-refractivity contribution < 1.29 is 4.79 Å². The molecule has 0 aliphatic heterocycles. The number of nitrogens with zero attached hydrogens (tertiary/aromatic N) is 1. The standard InChI is InChI=1S/C11H12BrN3O/c1-6(2)11(16)15-9-5-14-10-8(9)3-7(12)4-13-10/h3-6H,1-2H3,(H,13,14)(H,15,16). The van der Waals surface area contributed by atoms with Gasteiger partial charge in [-0.05, 0) is 22.0 Å². The largest absolute Gasteiger partial charge is 0.344 e. The molecule has 2 rings (SSSR count). The van der Waals surface area contributed by atoms with E-state index in [1.807, 2.05) is 19.9 Å². The number of pyridine rings is 1. The number of nitrogens with one attached hydrogen (secondary N) is 2. The minimum absolute atomic E-state index is 0.000811. The van der Waals surface area contributed by atoms with Gasteiger partial charge in [-0.1, -0.05) is 13.8 Å². The van der Waals surface area contributed by atoms with Crippen molar-refractivity contribution in [3.05, 3.63) is 22.9 Å². The Hall–Kier alpha value is -1.36. The van der Waals surface area contributed by atoms with Gasteiger partial charge in [-0.3, -0.25) is 4.79 Å². The average molecular weight is 282 g/mol. The summed E-state index contributed by atoms with van der Waals surface area (Å²) >= 11 is 3.36. The monoisotopic (exact) mass is 281 g/mol. The fraction of sp³-hybridized carbons (Fsp3) is 0.273. The molecular weight excluding hydrogens is 270 g/mol. The molecule has 4 nitrogen and oxygen atoms in total. The van der Waals surface area contributed by atoms with Crippen LogP contribution in [0.2, 0.25) is 0 Å². The van der Waals surface area contributed by atoms with Crippen molar-refractivity contribution in [2.45, 2.75) is 13.8 Å². The third kappa shape index (κ3) is 2.09. The first-order chi connectivity index (χ1) is 7.58. The molecule has 84 valence electrons. The van der Waals surface area contributed by atoms with E-state index in [1.165, 1.54) is 0 Å². The molecule has 1 amide bonds. The fourth-order valence-corrected chi connectivity index (χ4v) is 1.69. The van der Waals surface area contributed by atoms with Gasteiger partial charge in [0.1, 0.15) is 5.65 Å². The zero-order valence-corrected chi connectivity index (χ0v) is 10.6. The van der Waals surface area contributed by atoms with Gasteiger partial charge < -0.3 is 10.3 Å². The fourth-order valence-electron chi connectivity index (χ4n) is 1.36. The maximum atomic E-state index is 11.6. The SMILES string of the molecule is CC(C)C(=O)Nc1c[nH]c2ncc(Br)cc12. The highest BCUT2D eigenvalue weighted by atomic mass is 79.9. The van der Waals surface area contributed by atoms with Gasteiger partial charge in [-0.25, -0.2) is 4.98 Å². The second-order valence-corrected chi connectivity index (χ2v) is 4.81. The van der Waals surface area contributed by atoms with Crippen molar-refractivity contribution in [1.82, 2.24) is 9.97 Å². The highest BCUT2D eigenvalue weighted by Crippen LogP contribution is 2.24. The summed E-state index contributed by atoms with van der Waals surface area (Å²) < 4.78 is 0.889. The van der Waals surface area contributed by atoms with Crippen molar-refractivity contribution in [2.75, 3.05) is 5.32 Å². The van der Waals surface area contributed by atoms with Gasteiger partial charge in [0.05, 0.1) is 5.69 Å². The molecule has 2 aromatic rings. The van der Waals surface area contributed by atoms with Gasteiger partial charge in [0, 0.05) is 28.2 Å². The molecule has 5 heteroatoms. The third-order valence-electron chi connectivity index (χ3n) is 2.28. The van der Waals surface area contributed by atoms with E-state index in [-0.39, 0.29) is 11.8 Å². The van der Waals surface area contributed by atoms with Crippen LogP contribution in [-0.4, -0.2) is 15.9 Å². The second kappa shape index (κ2) is 4.25. The number of anilines is 1. The summed E-state index contributed by atoms with van der Waals surface area (Å²) in [7, 11) is 0. The van der Waals surface area contributed by atoms with Crippen molar-refractivity contribution in [3.8, 4) is 0 Å². The van der Waals surface area contributed by atoms with Crippen molar-refractivity contribution in [2.24, 2.45) is 5.92 Å². The zero-order valence-electron chi connectivity index (χ0n) is 9.04. The van der Waals surface area contributed by atoms with Gasteiger partial charge in [-0.15, -0.1) is 0 Å². The van der Waals surface area contributed by atoms with Crippen LogP contribution in [0.25, 0.3) is 11.0 Å². The highest BCUT2D eigenvalue weighted by Gasteiger charge is 2.11. The quantitative estimate of drug-likeness (QED) is 0.889. The van der Waals surface area contributed by atoms with Crippen LogP contribution in [0.4, 0.5) is 5.69 Å². The Balaban J connectivity index is 2.38. The molecule has 0 fully saturated rings. The van der Waals surface area contributed by atoms with E-state index < -0.39 is 0 Å². The number of aromatic amines is 1. The Labute approximate surface area is 102 Å². The first-order valence-electron chi connectivity index (χ1n) is 5.01. The normalized spacial score (nSPS) is 11.0. The van der Waals surface area contributed by atoms with Gasteiger partial charge in [0.25, 0.3) is 0 Å². The first-order valence-corrected chi connectivity index (χ1v) is 5.80. The number of H-pyrrole nitrogens is 1. The van der Waals surface area contributed by atoms with E-state index >= 15 is 0 Å². The number of rotatable bonds is 2. The summed E-state index contributed by atoms with van der Waals surface area (Å²) in [4.78, 5) is 18.8. The number of hydrogen-bond donors (Lipinski definition) is 2. The van der Waals surface area contributed by atoms with E-state index in [0.29, 0.717) is 0 Å². The molecule has 0 saturated heterocycles. The van der Waals surface area contributed by atoms with Gasteiger partial charge >= 0.3 is 0 Å². The van der Waals surface area contributed by atoms with Crippen LogP contribution in [-0.2, 0) is 4.79 Å². The lowest BCUT2D eigenvalue weighted by Crippen LogP contribution is -2.17. The lowest BCUT2D eigenvalue weighted by molar-refractivity contribution is -0.118. The van der Waals surface area contributed by atoms with Crippen molar-refractivity contribution in [1.29, 1.82) is 0 Å². The van der Waals surface area contributed by atoms with Crippen LogP contribution in [0.1, 0.15) is 13.8 Å². The Bertz CT molecular complexity index is 533. The molecule has 2 aromatic heterocycles. The minimum atomic E-state index is -0.0370. The zero-order chi connectivity index (χ0) is 11.7. The molecule has 0 spiro atoms. The molecule has 2 heterocycles. The summed E-state index contributed by atoms with van der Waals surface area (Å²) in [5.74, 6) is -0.0362. The Morgan fingerprint density at radius 3 is 3.00 bits per heavy atom. The highest BCUT2D eigenvalue weighted by molar-refractivity contribution is 9.10. The second-order valence-electron chi connectivity index (χ2n) is 3.90. The number of aromatic nitrogens is 2. The predicted molar refractivity (Wildman–Crippen MR) is 67.3 cm³/mol. The molecule has 0 bridgehead atoms. The number of carbonyl (C=O) groups is 1. The summed E-state index contributed by atoms with van der Waals surface area (Å²) in [5.41, 5.74) is 1.53. The van der Waals surface area contributed by atoms with E-state index in [9.17, 15) is 4.79 Å². The Kier molecular flexibility index (Phi) is 2.96. The van der Waals surface area contributed by atoms with Gasteiger partial charge in [-0.2, -0.15) is 0 Å². The molecule has 0 saturated carbocycles. The third-order valence-corrected chi connectivity index (χ3v) is 2.71. The topological polar surface area (TPSA) is 57.8 Å². The minimum Gasteiger partial charge on any atom is -0.344 e. The summed E-state index contributed by atoms with van der Waals surface area (Å²) in [6.07, 6.45) is 3.47. The lowest BCUT2D eigenvalue weighted by Gasteiger charge is -2.05. The molecule has 2 N–H and O–H groups in total. The lowest BCUT2D eigenvalue weighted by atomic mass is 10.2. The Morgan fingerprint density at radius 1 is 1.56 bits per heavy atom. The maximum Gasteiger partial charge on any atom is 0.226 e. The smallest absolute Gasteiger partial charge is 0.226 e. The Morgan fingerprint density at radius 2 is 2.31 bits per heavy atom. The molecule has 0 aliphatic rings.